The maximum Gasteiger partial charge on any atom is 0.251 e. The van der Waals surface area contributed by atoms with E-state index in [0.717, 1.165) is 37.8 Å². The highest BCUT2D eigenvalue weighted by Gasteiger charge is 2.20. The van der Waals surface area contributed by atoms with Crippen LogP contribution in [-0.2, 0) is 6.54 Å². The van der Waals surface area contributed by atoms with Crippen LogP contribution in [0.4, 0.5) is 10.1 Å². The Morgan fingerprint density at radius 1 is 1.15 bits per heavy atom. The fourth-order valence-electron chi connectivity index (χ4n) is 4.06. The number of thiocarbonyl (C=S) groups is 1. The van der Waals surface area contributed by atoms with E-state index in [-0.39, 0.29) is 17.4 Å². The van der Waals surface area contributed by atoms with E-state index in [1.807, 2.05) is 12.1 Å². The van der Waals surface area contributed by atoms with E-state index in [4.69, 9.17) is 12.2 Å². The zero-order valence-electron chi connectivity index (χ0n) is 18.4. The average molecular weight is 468 g/mol. The highest BCUT2D eigenvalue weighted by atomic mass is 32.1. The van der Waals surface area contributed by atoms with Gasteiger partial charge in [-0.3, -0.25) is 14.6 Å². The monoisotopic (exact) mass is 467 g/mol. The summed E-state index contributed by atoms with van der Waals surface area (Å²) in [6.07, 6.45) is 3.01. The van der Waals surface area contributed by atoms with Gasteiger partial charge in [0, 0.05) is 55.6 Å². The minimum atomic E-state index is -0.451. The molecule has 3 aromatic rings. The molecule has 0 atom stereocenters. The third-order valence-corrected chi connectivity index (χ3v) is 6.14. The van der Waals surface area contributed by atoms with Crippen LogP contribution in [-0.4, -0.2) is 51.0 Å². The summed E-state index contributed by atoms with van der Waals surface area (Å²) in [5.41, 5.74) is 2.47. The molecule has 0 saturated carbocycles. The molecule has 1 fully saturated rings. The fraction of sp³-hybridized carbons (Fsp3) is 0.333. The van der Waals surface area contributed by atoms with Crippen molar-refractivity contribution < 1.29 is 9.18 Å². The van der Waals surface area contributed by atoms with Gasteiger partial charge < -0.3 is 20.1 Å². The molecule has 9 heteroatoms. The number of pyridine rings is 2. The second-order valence-corrected chi connectivity index (χ2v) is 8.64. The van der Waals surface area contributed by atoms with E-state index < -0.39 is 5.82 Å². The molecule has 1 aliphatic rings. The number of rotatable bonds is 6. The SMILES string of the molecule is CC(=O)c1ccc(NC(=S)NC2CCN(CCn3c(=O)ccc4ncc(F)cc43)CC2)cc1. The topological polar surface area (TPSA) is 79.3 Å². The van der Waals surface area contributed by atoms with Gasteiger partial charge in [0.15, 0.2) is 10.9 Å². The molecule has 1 aromatic carbocycles. The minimum absolute atomic E-state index is 0.0307. The van der Waals surface area contributed by atoms with Gasteiger partial charge in [-0.1, -0.05) is 0 Å². The fourth-order valence-corrected chi connectivity index (χ4v) is 4.34. The molecule has 0 unspecified atom stereocenters. The molecular weight excluding hydrogens is 441 g/mol. The standard InChI is InChI=1S/C24H26FN5O2S/c1-16(31)17-2-4-19(5-3-17)27-24(33)28-20-8-10-29(11-9-20)12-13-30-22-14-18(25)15-26-21(22)6-7-23(30)32/h2-7,14-15,20H,8-13H2,1H3,(H2,27,28,33). The smallest absolute Gasteiger partial charge is 0.251 e. The maximum atomic E-state index is 13.7. The summed E-state index contributed by atoms with van der Waals surface area (Å²) in [4.78, 5) is 30.1. The van der Waals surface area contributed by atoms with Crippen molar-refractivity contribution in [2.45, 2.75) is 32.4 Å². The van der Waals surface area contributed by atoms with Gasteiger partial charge in [-0.25, -0.2) is 4.39 Å². The first-order chi connectivity index (χ1) is 15.9. The van der Waals surface area contributed by atoms with Crippen molar-refractivity contribution in [1.29, 1.82) is 0 Å². The van der Waals surface area contributed by atoms with Crippen LogP contribution < -0.4 is 16.2 Å². The first-order valence-corrected chi connectivity index (χ1v) is 11.4. The molecule has 1 saturated heterocycles. The van der Waals surface area contributed by atoms with Gasteiger partial charge in [-0.2, -0.15) is 0 Å². The predicted molar refractivity (Wildman–Crippen MR) is 131 cm³/mol. The maximum absolute atomic E-state index is 13.7. The number of hydrogen-bond donors (Lipinski definition) is 2. The Balaban J connectivity index is 1.26. The van der Waals surface area contributed by atoms with Gasteiger partial charge >= 0.3 is 0 Å². The van der Waals surface area contributed by atoms with E-state index in [9.17, 15) is 14.0 Å². The van der Waals surface area contributed by atoms with Crippen molar-refractivity contribution in [2.75, 3.05) is 25.0 Å². The Hall–Kier alpha value is -3.17. The predicted octanol–water partition coefficient (Wildman–Crippen LogP) is 3.19. The molecule has 7 nitrogen and oxygen atoms in total. The number of piperidine rings is 1. The Morgan fingerprint density at radius 2 is 1.88 bits per heavy atom. The van der Waals surface area contributed by atoms with Crippen LogP contribution in [0.15, 0.2) is 53.5 Å². The summed E-state index contributed by atoms with van der Waals surface area (Å²) in [5, 5.41) is 7.08. The van der Waals surface area contributed by atoms with Crippen LogP contribution in [0.1, 0.15) is 30.1 Å². The molecule has 0 bridgehead atoms. The molecule has 0 radical (unpaired) electrons. The van der Waals surface area contributed by atoms with Crippen molar-refractivity contribution >= 4 is 39.8 Å². The number of halogens is 1. The zero-order valence-corrected chi connectivity index (χ0v) is 19.2. The molecule has 33 heavy (non-hydrogen) atoms. The summed E-state index contributed by atoms with van der Waals surface area (Å²) in [6, 6.07) is 11.9. The number of benzene rings is 1. The van der Waals surface area contributed by atoms with Gasteiger partial charge in [0.2, 0.25) is 0 Å². The first kappa shape index (κ1) is 23.0. The van der Waals surface area contributed by atoms with Crippen LogP contribution in [0, 0.1) is 5.82 Å². The highest BCUT2D eigenvalue weighted by Crippen LogP contribution is 2.14. The molecule has 4 rings (SSSR count). The molecule has 1 aliphatic heterocycles. The third-order valence-electron chi connectivity index (χ3n) is 5.92. The molecule has 172 valence electrons. The van der Waals surface area contributed by atoms with E-state index in [0.29, 0.717) is 34.8 Å². The number of Topliss-reactive ketones (excluding diaryl/α,β-unsaturated/α-hetero) is 1. The van der Waals surface area contributed by atoms with Crippen LogP contribution in [0.5, 0.6) is 0 Å². The molecule has 0 amide bonds. The number of anilines is 1. The lowest BCUT2D eigenvalue weighted by Gasteiger charge is -2.33. The minimum Gasteiger partial charge on any atom is -0.360 e. The number of likely N-dealkylation sites (tertiary alicyclic amines) is 1. The van der Waals surface area contributed by atoms with Gasteiger partial charge in [-0.05, 0) is 62.3 Å². The van der Waals surface area contributed by atoms with Crippen molar-refractivity contribution in [1.82, 2.24) is 19.8 Å². The first-order valence-electron chi connectivity index (χ1n) is 10.9. The summed E-state index contributed by atoms with van der Waals surface area (Å²) in [7, 11) is 0. The van der Waals surface area contributed by atoms with Crippen LogP contribution in [0.2, 0.25) is 0 Å². The van der Waals surface area contributed by atoms with Gasteiger partial charge in [0.1, 0.15) is 5.82 Å². The Kier molecular flexibility index (Phi) is 7.10. The van der Waals surface area contributed by atoms with Crippen LogP contribution in [0.3, 0.4) is 0 Å². The number of nitrogens with zero attached hydrogens (tertiary/aromatic N) is 3. The summed E-state index contributed by atoms with van der Waals surface area (Å²) < 4.78 is 15.2. The molecule has 0 spiro atoms. The normalized spacial score (nSPS) is 14.8. The highest BCUT2D eigenvalue weighted by molar-refractivity contribution is 7.80. The second kappa shape index (κ2) is 10.2. The molecule has 0 aliphatic carbocycles. The summed E-state index contributed by atoms with van der Waals surface area (Å²) >= 11 is 5.44. The molecule has 2 aromatic heterocycles. The van der Waals surface area contributed by atoms with Gasteiger partial charge in [0.05, 0.1) is 17.2 Å². The third kappa shape index (κ3) is 5.80. The van der Waals surface area contributed by atoms with E-state index in [2.05, 4.69) is 20.5 Å². The van der Waals surface area contributed by atoms with Gasteiger partial charge in [-0.15, -0.1) is 0 Å². The zero-order chi connectivity index (χ0) is 23.4. The van der Waals surface area contributed by atoms with Crippen molar-refractivity contribution in [2.24, 2.45) is 0 Å². The number of nitrogens with one attached hydrogen (secondary N) is 2. The summed E-state index contributed by atoms with van der Waals surface area (Å²) in [5.74, 6) is -0.420. The Bertz CT molecular complexity index is 1220. The number of aromatic nitrogens is 2. The van der Waals surface area contributed by atoms with Gasteiger partial charge in [0.25, 0.3) is 5.56 Å². The largest absolute Gasteiger partial charge is 0.360 e. The lowest BCUT2D eigenvalue weighted by Crippen LogP contribution is -2.46. The molecular formula is C24H26FN5O2S. The number of ketones is 1. The number of fused-ring (bicyclic) bond motifs is 1. The summed E-state index contributed by atoms with van der Waals surface area (Å²) in [6.45, 7) is 4.47. The lowest BCUT2D eigenvalue weighted by molar-refractivity contribution is 0.101. The Morgan fingerprint density at radius 3 is 2.58 bits per heavy atom. The Labute approximate surface area is 196 Å². The molecule has 3 heterocycles. The van der Waals surface area contributed by atoms with Crippen molar-refractivity contribution in [3.63, 3.8) is 0 Å². The van der Waals surface area contributed by atoms with Crippen LogP contribution in [0.25, 0.3) is 11.0 Å². The van der Waals surface area contributed by atoms with E-state index in [1.54, 1.807) is 29.7 Å². The quantitative estimate of drug-likeness (QED) is 0.426. The lowest BCUT2D eigenvalue weighted by atomic mass is 10.1. The van der Waals surface area contributed by atoms with E-state index in [1.165, 1.54) is 12.1 Å². The van der Waals surface area contributed by atoms with Crippen molar-refractivity contribution in [3.05, 3.63) is 70.4 Å². The number of carbonyl (C=O) groups is 1. The average Bonchev–Trinajstić information content (AvgIpc) is 2.79. The second-order valence-electron chi connectivity index (χ2n) is 8.23. The van der Waals surface area contributed by atoms with Crippen LogP contribution >= 0.6 is 12.2 Å². The van der Waals surface area contributed by atoms with Crippen molar-refractivity contribution in [3.8, 4) is 0 Å². The van der Waals surface area contributed by atoms with E-state index >= 15 is 0 Å². The molecule has 2 N–H and O–H groups in total. The number of carbonyl (C=O) groups excluding carboxylic acids is 1. The number of hydrogen-bond acceptors (Lipinski definition) is 5.